The van der Waals surface area contributed by atoms with Crippen LogP contribution in [-0.4, -0.2) is 30.2 Å². The van der Waals surface area contributed by atoms with E-state index >= 15 is 0 Å². The van der Waals surface area contributed by atoms with Gasteiger partial charge < -0.3 is 4.90 Å². The first-order valence-electron chi connectivity index (χ1n) is 3.65. The Morgan fingerprint density at radius 1 is 1.50 bits per heavy atom. The molecule has 0 atom stereocenters. The lowest BCUT2D eigenvalue weighted by Gasteiger charge is -2.14. The maximum atomic E-state index is 10.3. The number of thiol groups is 1. The number of nitrogens with zero attached hydrogens (tertiary/aromatic N) is 1. The quantitative estimate of drug-likeness (QED) is 0.458. The summed E-state index contributed by atoms with van der Waals surface area (Å²) in [7, 11) is 0. The monoisotopic (exact) mass is 161 g/mol. The van der Waals surface area contributed by atoms with Gasteiger partial charge in [-0.25, -0.2) is 0 Å². The molecule has 2 nitrogen and oxygen atoms in total. The molecule has 10 heavy (non-hydrogen) atoms. The molecule has 0 aliphatic heterocycles. The van der Waals surface area contributed by atoms with Gasteiger partial charge in [0.05, 0.1) is 0 Å². The van der Waals surface area contributed by atoms with E-state index in [-0.39, 0.29) is 0 Å². The molecule has 0 saturated heterocycles. The van der Waals surface area contributed by atoms with Crippen molar-refractivity contribution in [1.29, 1.82) is 0 Å². The summed E-state index contributed by atoms with van der Waals surface area (Å²) in [5.41, 5.74) is 0. The van der Waals surface area contributed by atoms with Crippen LogP contribution in [0.15, 0.2) is 0 Å². The Labute approximate surface area is 68.0 Å². The average molecular weight is 161 g/mol. The summed E-state index contributed by atoms with van der Waals surface area (Å²) in [6.45, 7) is 3.76. The van der Waals surface area contributed by atoms with E-state index in [2.05, 4.69) is 19.6 Å². The molecule has 0 aliphatic carbocycles. The van der Waals surface area contributed by atoms with E-state index in [4.69, 9.17) is 0 Å². The topological polar surface area (TPSA) is 20.3 Å². The van der Waals surface area contributed by atoms with E-state index in [1.807, 2.05) is 0 Å². The summed E-state index contributed by atoms with van der Waals surface area (Å²) in [6.07, 6.45) is 3.12. The fraction of sp³-hybridized carbons (Fsp3) is 0.857. The lowest BCUT2D eigenvalue weighted by Crippen LogP contribution is -2.25. The second kappa shape index (κ2) is 6.93. The maximum Gasteiger partial charge on any atom is 0.209 e. The average Bonchev–Trinajstić information content (AvgIpc) is 1.98. The predicted octanol–water partition coefficient (Wildman–Crippen LogP) is 1.17. The third kappa shape index (κ3) is 4.68. The summed E-state index contributed by atoms with van der Waals surface area (Å²) in [6, 6.07) is 0. The van der Waals surface area contributed by atoms with Crippen molar-refractivity contribution in [3.63, 3.8) is 0 Å². The van der Waals surface area contributed by atoms with E-state index < -0.39 is 0 Å². The molecule has 0 radical (unpaired) electrons. The molecular formula is C7H15NOS. The van der Waals surface area contributed by atoms with Gasteiger partial charge in [0.1, 0.15) is 0 Å². The van der Waals surface area contributed by atoms with Gasteiger partial charge >= 0.3 is 0 Å². The van der Waals surface area contributed by atoms with Gasteiger partial charge in [-0.05, 0) is 6.42 Å². The predicted molar refractivity (Wildman–Crippen MR) is 46.4 cm³/mol. The Hall–Kier alpha value is -0.180. The second-order valence-electron chi connectivity index (χ2n) is 2.22. The van der Waals surface area contributed by atoms with Gasteiger partial charge in [-0.3, -0.25) is 4.79 Å². The highest BCUT2D eigenvalue weighted by Gasteiger charge is 1.96. The number of hydrogen-bond acceptors (Lipinski definition) is 2. The number of carbonyl (C=O) groups is 1. The molecule has 60 valence electrons. The van der Waals surface area contributed by atoms with Crippen LogP contribution in [0, 0.1) is 0 Å². The number of hydrogen-bond donors (Lipinski definition) is 1. The fourth-order valence-corrected chi connectivity index (χ4v) is 0.964. The van der Waals surface area contributed by atoms with Gasteiger partial charge in [0.25, 0.3) is 0 Å². The van der Waals surface area contributed by atoms with Crippen LogP contribution in [0.1, 0.15) is 19.8 Å². The molecule has 0 bridgehead atoms. The number of amides is 1. The molecule has 0 fully saturated rings. The van der Waals surface area contributed by atoms with E-state index in [1.165, 1.54) is 0 Å². The van der Waals surface area contributed by atoms with Crippen molar-refractivity contribution >= 4 is 19.0 Å². The van der Waals surface area contributed by atoms with Crippen LogP contribution in [0.4, 0.5) is 0 Å². The van der Waals surface area contributed by atoms with Gasteiger partial charge in [0.2, 0.25) is 6.41 Å². The highest BCUT2D eigenvalue weighted by atomic mass is 32.1. The maximum absolute atomic E-state index is 10.3. The zero-order chi connectivity index (χ0) is 7.82. The Kier molecular flexibility index (Phi) is 6.81. The largest absolute Gasteiger partial charge is 0.344 e. The molecule has 0 unspecified atom stereocenters. The highest BCUT2D eigenvalue weighted by Crippen LogP contribution is 1.91. The summed E-state index contributed by atoms with van der Waals surface area (Å²) in [5, 5.41) is 0. The summed E-state index contributed by atoms with van der Waals surface area (Å²) < 4.78 is 0. The minimum atomic E-state index is 0.752. The fourth-order valence-electron chi connectivity index (χ4n) is 0.707. The van der Waals surface area contributed by atoms with Crippen LogP contribution in [0.25, 0.3) is 0 Å². The van der Waals surface area contributed by atoms with Crippen molar-refractivity contribution < 1.29 is 4.79 Å². The Morgan fingerprint density at radius 2 is 2.20 bits per heavy atom. The first kappa shape index (κ1) is 9.82. The zero-order valence-electron chi connectivity index (χ0n) is 6.42. The molecule has 0 heterocycles. The van der Waals surface area contributed by atoms with Gasteiger partial charge in [0.15, 0.2) is 0 Å². The molecule has 0 aromatic heterocycles. The molecule has 0 N–H and O–H groups in total. The van der Waals surface area contributed by atoms with E-state index in [0.29, 0.717) is 0 Å². The van der Waals surface area contributed by atoms with Gasteiger partial charge in [-0.2, -0.15) is 12.6 Å². The van der Waals surface area contributed by atoms with Crippen molar-refractivity contribution in [2.75, 3.05) is 18.8 Å². The van der Waals surface area contributed by atoms with Crippen molar-refractivity contribution in [2.45, 2.75) is 19.8 Å². The second-order valence-corrected chi connectivity index (χ2v) is 2.67. The van der Waals surface area contributed by atoms with Crippen molar-refractivity contribution in [1.82, 2.24) is 4.90 Å². The summed E-state index contributed by atoms with van der Waals surface area (Å²) in [5.74, 6) is 0.752. The summed E-state index contributed by atoms with van der Waals surface area (Å²) >= 11 is 4.04. The number of carbonyl (C=O) groups excluding carboxylic acids is 1. The molecule has 1 amide bonds. The molecule has 0 aromatic carbocycles. The smallest absolute Gasteiger partial charge is 0.209 e. The molecule has 0 spiro atoms. The molecule has 0 aromatic rings. The van der Waals surface area contributed by atoms with Gasteiger partial charge in [0, 0.05) is 18.8 Å². The highest BCUT2D eigenvalue weighted by molar-refractivity contribution is 7.80. The Balaban J connectivity index is 3.29. The minimum Gasteiger partial charge on any atom is -0.344 e. The van der Waals surface area contributed by atoms with Crippen molar-refractivity contribution in [2.24, 2.45) is 0 Å². The van der Waals surface area contributed by atoms with Crippen molar-refractivity contribution in [3.8, 4) is 0 Å². The number of unbranched alkanes of at least 4 members (excludes halogenated alkanes) is 1. The molecular weight excluding hydrogens is 146 g/mol. The van der Waals surface area contributed by atoms with Crippen LogP contribution >= 0.6 is 12.6 Å². The normalized spacial score (nSPS) is 9.40. The van der Waals surface area contributed by atoms with Crippen LogP contribution < -0.4 is 0 Å². The Bertz CT molecular complexity index is 87.7. The van der Waals surface area contributed by atoms with E-state index in [1.54, 1.807) is 4.90 Å². The first-order chi connectivity index (χ1) is 4.85. The third-order valence-corrected chi connectivity index (χ3v) is 1.54. The number of rotatable bonds is 6. The third-order valence-electron chi connectivity index (χ3n) is 1.34. The summed E-state index contributed by atoms with van der Waals surface area (Å²) in [4.78, 5) is 12.1. The lowest BCUT2D eigenvalue weighted by molar-refractivity contribution is -0.117. The minimum absolute atomic E-state index is 0.752. The standard InChI is InChI=1S/C7H15NOS/c1-2-3-4-8(7-9)5-6-10/h7,10H,2-6H2,1H3. The van der Waals surface area contributed by atoms with Crippen LogP contribution in [0.3, 0.4) is 0 Å². The van der Waals surface area contributed by atoms with Gasteiger partial charge in [-0.1, -0.05) is 13.3 Å². The molecule has 3 heteroatoms. The Morgan fingerprint density at radius 3 is 2.60 bits per heavy atom. The van der Waals surface area contributed by atoms with Crippen LogP contribution in [0.2, 0.25) is 0 Å². The lowest BCUT2D eigenvalue weighted by atomic mass is 10.3. The van der Waals surface area contributed by atoms with Crippen LogP contribution in [-0.2, 0) is 4.79 Å². The first-order valence-corrected chi connectivity index (χ1v) is 4.28. The van der Waals surface area contributed by atoms with E-state index in [9.17, 15) is 4.79 Å². The SMILES string of the molecule is CCCCN(C=O)CCS. The van der Waals surface area contributed by atoms with E-state index in [0.717, 1.165) is 38.1 Å². The molecule has 0 rings (SSSR count). The van der Waals surface area contributed by atoms with Crippen molar-refractivity contribution in [3.05, 3.63) is 0 Å². The van der Waals surface area contributed by atoms with Crippen LogP contribution in [0.5, 0.6) is 0 Å². The van der Waals surface area contributed by atoms with Gasteiger partial charge in [-0.15, -0.1) is 0 Å². The zero-order valence-corrected chi connectivity index (χ0v) is 7.31. The molecule has 0 aliphatic rings. The molecule has 0 saturated carbocycles.